The van der Waals surface area contributed by atoms with Gasteiger partial charge in [-0.25, -0.2) is 13.4 Å². The van der Waals surface area contributed by atoms with Crippen molar-refractivity contribution < 1.29 is 13.2 Å². The van der Waals surface area contributed by atoms with Crippen LogP contribution >= 0.6 is 11.8 Å². The van der Waals surface area contributed by atoms with Gasteiger partial charge in [-0.3, -0.25) is 9.59 Å². The summed E-state index contributed by atoms with van der Waals surface area (Å²) in [6.45, 7) is 1.09. The molecule has 2 heterocycles. The number of carbonyl (C=O) groups is 1. The molecule has 0 saturated carbocycles. The Balaban J connectivity index is 1.37. The molecule has 1 amide bonds. The minimum atomic E-state index is -3.50. The number of sulfonamides is 1. The second-order valence-electron chi connectivity index (χ2n) is 7.21. The zero-order valence-electron chi connectivity index (χ0n) is 16.7. The maximum absolute atomic E-state index is 12.7. The number of thioether (sulfide) groups is 1. The van der Waals surface area contributed by atoms with Gasteiger partial charge in [-0.1, -0.05) is 30.3 Å². The predicted octanol–water partition coefficient (Wildman–Crippen LogP) is 2.83. The van der Waals surface area contributed by atoms with Crippen molar-refractivity contribution in [2.75, 3.05) is 24.2 Å². The molecule has 0 unspecified atom stereocenters. The maximum Gasteiger partial charge on any atom is 0.259 e. The van der Waals surface area contributed by atoms with Crippen molar-refractivity contribution in [2.45, 2.75) is 29.3 Å². The summed E-state index contributed by atoms with van der Waals surface area (Å²) in [5.41, 5.74) is 0.821. The van der Waals surface area contributed by atoms with E-state index in [0.717, 1.165) is 31.0 Å². The highest BCUT2D eigenvalue weighted by Gasteiger charge is 2.25. The molecule has 0 bridgehead atoms. The van der Waals surface area contributed by atoms with Gasteiger partial charge in [0, 0.05) is 18.8 Å². The van der Waals surface area contributed by atoms with E-state index in [-0.39, 0.29) is 22.1 Å². The molecule has 2 aromatic carbocycles. The fourth-order valence-corrected chi connectivity index (χ4v) is 5.61. The molecule has 1 fully saturated rings. The predicted molar refractivity (Wildman–Crippen MR) is 121 cm³/mol. The number of H-pyrrole nitrogens is 1. The van der Waals surface area contributed by atoms with Crippen LogP contribution in [0.1, 0.15) is 19.3 Å². The molecule has 2 N–H and O–H groups in total. The first-order chi connectivity index (χ1) is 14.9. The Morgan fingerprint density at radius 3 is 2.52 bits per heavy atom. The van der Waals surface area contributed by atoms with E-state index in [1.807, 2.05) is 0 Å². The topological polar surface area (TPSA) is 112 Å². The van der Waals surface area contributed by atoms with E-state index in [1.165, 1.54) is 16.4 Å². The summed E-state index contributed by atoms with van der Waals surface area (Å²) in [5, 5.41) is 3.59. The third kappa shape index (κ3) is 4.97. The second-order valence-corrected chi connectivity index (χ2v) is 10.1. The van der Waals surface area contributed by atoms with Crippen LogP contribution in [0.3, 0.4) is 0 Å². The Bertz CT molecular complexity index is 1250. The quantitative estimate of drug-likeness (QED) is 0.434. The third-order valence-corrected chi connectivity index (χ3v) is 7.81. The van der Waals surface area contributed by atoms with Crippen LogP contribution in [0.5, 0.6) is 0 Å². The number of hydrogen-bond acceptors (Lipinski definition) is 6. The summed E-state index contributed by atoms with van der Waals surface area (Å²) in [5.74, 6) is -0.234. The zero-order chi connectivity index (χ0) is 21.8. The average Bonchev–Trinajstić information content (AvgIpc) is 2.79. The van der Waals surface area contributed by atoms with E-state index in [4.69, 9.17) is 0 Å². The highest BCUT2D eigenvalue weighted by Crippen LogP contribution is 2.22. The van der Waals surface area contributed by atoms with Gasteiger partial charge in [0.2, 0.25) is 15.9 Å². The number of hydrogen-bond donors (Lipinski definition) is 2. The van der Waals surface area contributed by atoms with Crippen molar-refractivity contribution >= 4 is 44.3 Å². The smallest absolute Gasteiger partial charge is 0.259 e. The maximum atomic E-state index is 12.7. The molecule has 3 aromatic rings. The standard InChI is InChI=1S/C21H22N4O4S2/c26-19(14-30-21-23-18-7-3-2-6-17(18)20(27)24-21)22-15-8-10-16(11-9-15)31(28,29)25-12-4-1-5-13-25/h2-3,6-11H,1,4-5,12-14H2,(H,22,26)(H,23,24,27). The van der Waals surface area contributed by atoms with Gasteiger partial charge >= 0.3 is 0 Å². The fourth-order valence-electron chi connectivity index (χ4n) is 3.43. The summed E-state index contributed by atoms with van der Waals surface area (Å²) in [6.07, 6.45) is 2.81. The number of nitrogens with zero attached hydrogens (tertiary/aromatic N) is 2. The lowest BCUT2D eigenvalue weighted by atomic mass is 10.2. The highest BCUT2D eigenvalue weighted by molar-refractivity contribution is 7.99. The van der Waals surface area contributed by atoms with Crippen LogP contribution in [0.2, 0.25) is 0 Å². The molecule has 162 valence electrons. The monoisotopic (exact) mass is 458 g/mol. The van der Waals surface area contributed by atoms with Crippen molar-refractivity contribution in [2.24, 2.45) is 0 Å². The zero-order valence-corrected chi connectivity index (χ0v) is 18.3. The van der Waals surface area contributed by atoms with Crippen LogP contribution in [0.25, 0.3) is 10.9 Å². The molecule has 0 atom stereocenters. The van der Waals surface area contributed by atoms with Crippen molar-refractivity contribution in [1.82, 2.24) is 14.3 Å². The van der Waals surface area contributed by atoms with Gasteiger partial charge in [-0.05, 0) is 49.2 Å². The number of aromatic nitrogens is 2. The summed E-state index contributed by atoms with van der Waals surface area (Å²) in [6, 6.07) is 13.2. The Labute approximate surface area is 184 Å². The van der Waals surface area contributed by atoms with Crippen molar-refractivity contribution in [1.29, 1.82) is 0 Å². The van der Waals surface area contributed by atoms with E-state index < -0.39 is 10.0 Å². The van der Waals surface area contributed by atoms with E-state index in [9.17, 15) is 18.0 Å². The van der Waals surface area contributed by atoms with Gasteiger partial charge < -0.3 is 10.3 Å². The summed E-state index contributed by atoms with van der Waals surface area (Å²) in [7, 11) is -3.50. The number of anilines is 1. The highest BCUT2D eigenvalue weighted by atomic mass is 32.2. The van der Waals surface area contributed by atoms with Gasteiger partial charge in [0.25, 0.3) is 5.56 Å². The lowest BCUT2D eigenvalue weighted by molar-refractivity contribution is -0.113. The minimum absolute atomic E-state index is 0.0507. The van der Waals surface area contributed by atoms with Crippen molar-refractivity contribution in [3.63, 3.8) is 0 Å². The number of carbonyl (C=O) groups excluding carboxylic acids is 1. The molecule has 0 radical (unpaired) electrons. The normalized spacial score (nSPS) is 15.1. The Morgan fingerprint density at radius 2 is 1.77 bits per heavy atom. The summed E-state index contributed by atoms with van der Waals surface area (Å²) in [4.78, 5) is 31.6. The van der Waals surface area contributed by atoms with Gasteiger partial charge in [-0.2, -0.15) is 4.31 Å². The number of aromatic amines is 1. The van der Waals surface area contributed by atoms with Crippen LogP contribution in [-0.2, 0) is 14.8 Å². The Kier molecular flexibility index (Phi) is 6.40. The molecule has 1 aromatic heterocycles. The van der Waals surface area contributed by atoms with Crippen molar-refractivity contribution in [3.05, 3.63) is 58.9 Å². The van der Waals surface area contributed by atoms with Gasteiger partial charge in [-0.15, -0.1) is 0 Å². The van der Waals surface area contributed by atoms with Crippen LogP contribution in [-0.4, -0.2) is 47.4 Å². The van der Waals surface area contributed by atoms with Crippen LogP contribution in [0.15, 0.2) is 63.4 Å². The number of piperidine rings is 1. The van der Waals surface area contributed by atoms with E-state index in [0.29, 0.717) is 34.8 Å². The van der Waals surface area contributed by atoms with Crippen LogP contribution < -0.4 is 10.9 Å². The van der Waals surface area contributed by atoms with E-state index in [2.05, 4.69) is 15.3 Å². The molecule has 0 aliphatic carbocycles. The number of para-hydroxylation sites is 1. The molecular formula is C21H22N4O4S2. The molecule has 10 heteroatoms. The van der Waals surface area contributed by atoms with Gasteiger partial charge in [0.15, 0.2) is 5.16 Å². The number of amides is 1. The van der Waals surface area contributed by atoms with Gasteiger partial charge in [0.05, 0.1) is 21.6 Å². The molecule has 1 saturated heterocycles. The van der Waals surface area contributed by atoms with Crippen molar-refractivity contribution in [3.8, 4) is 0 Å². The molecule has 1 aliphatic heterocycles. The minimum Gasteiger partial charge on any atom is -0.325 e. The molecule has 0 spiro atoms. The third-order valence-electron chi connectivity index (χ3n) is 5.02. The van der Waals surface area contributed by atoms with Crippen LogP contribution in [0.4, 0.5) is 5.69 Å². The molecule has 31 heavy (non-hydrogen) atoms. The molecule has 8 nitrogen and oxygen atoms in total. The van der Waals surface area contributed by atoms with Crippen LogP contribution in [0, 0.1) is 0 Å². The largest absolute Gasteiger partial charge is 0.325 e. The number of nitrogens with one attached hydrogen (secondary N) is 2. The number of rotatable bonds is 6. The van der Waals surface area contributed by atoms with E-state index >= 15 is 0 Å². The van der Waals surface area contributed by atoms with E-state index in [1.54, 1.807) is 36.4 Å². The summed E-state index contributed by atoms with van der Waals surface area (Å²) < 4.78 is 26.9. The first kappa shape index (κ1) is 21.5. The fraction of sp³-hybridized carbons (Fsp3) is 0.286. The summed E-state index contributed by atoms with van der Waals surface area (Å²) >= 11 is 1.12. The number of fused-ring (bicyclic) bond motifs is 1. The van der Waals surface area contributed by atoms with Gasteiger partial charge in [0.1, 0.15) is 0 Å². The second kappa shape index (κ2) is 9.21. The first-order valence-electron chi connectivity index (χ1n) is 9.95. The molecule has 1 aliphatic rings. The first-order valence-corrected chi connectivity index (χ1v) is 12.4. The Morgan fingerprint density at radius 1 is 1.06 bits per heavy atom. The molecule has 4 rings (SSSR count). The average molecular weight is 459 g/mol. The number of benzene rings is 2. The lowest BCUT2D eigenvalue weighted by Crippen LogP contribution is -2.35. The lowest BCUT2D eigenvalue weighted by Gasteiger charge is -2.25. The Hall–Kier alpha value is -2.69. The molecular weight excluding hydrogens is 436 g/mol. The SMILES string of the molecule is O=C(CSc1nc2ccccc2c(=O)[nH]1)Nc1ccc(S(=O)(=O)N2CCCCC2)cc1.